The van der Waals surface area contributed by atoms with Gasteiger partial charge in [-0.1, -0.05) is 6.07 Å². The molecular formula is C14H21N3O4. The Bertz CT molecular complexity index is 505. The van der Waals surface area contributed by atoms with Crippen LogP contribution >= 0.6 is 0 Å². The van der Waals surface area contributed by atoms with Crippen LogP contribution in [0.15, 0.2) is 18.2 Å². The molecule has 0 bridgehead atoms. The fraction of sp³-hybridized carbons (Fsp3) is 0.500. The van der Waals surface area contributed by atoms with Gasteiger partial charge in [-0.05, 0) is 19.9 Å². The molecule has 0 aliphatic carbocycles. The van der Waals surface area contributed by atoms with Gasteiger partial charge in [0.15, 0.2) is 0 Å². The van der Waals surface area contributed by atoms with E-state index in [4.69, 9.17) is 4.74 Å². The van der Waals surface area contributed by atoms with Crippen molar-refractivity contribution in [1.29, 1.82) is 0 Å². The Balaban J connectivity index is 3.02. The Kier molecular flexibility index (Phi) is 6.61. The van der Waals surface area contributed by atoms with Crippen LogP contribution in [-0.2, 0) is 4.74 Å². The summed E-state index contributed by atoms with van der Waals surface area (Å²) < 4.78 is 5.21. The zero-order chi connectivity index (χ0) is 15.8. The van der Waals surface area contributed by atoms with Gasteiger partial charge in [-0.3, -0.25) is 14.9 Å². The monoisotopic (exact) mass is 295 g/mol. The average Bonchev–Trinajstić information content (AvgIpc) is 2.47. The Hall–Kier alpha value is -2.15. The van der Waals surface area contributed by atoms with Crippen LogP contribution in [-0.4, -0.2) is 49.1 Å². The van der Waals surface area contributed by atoms with Gasteiger partial charge >= 0.3 is 0 Å². The molecule has 21 heavy (non-hydrogen) atoms. The van der Waals surface area contributed by atoms with Crippen LogP contribution in [0.4, 0.5) is 11.4 Å². The number of hydrogen-bond acceptors (Lipinski definition) is 5. The molecule has 0 aliphatic heterocycles. The number of carbonyl (C=O) groups excluding carboxylic acids is 1. The summed E-state index contributed by atoms with van der Waals surface area (Å²) in [5.74, 6) is -0.269. The highest BCUT2D eigenvalue weighted by Crippen LogP contribution is 2.28. The third-order valence-electron chi connectivity index (χ3n) is 2.94. The number of nitrogens with zero attached hydrogens (tertiary/aromatic N) is 2. The molecule has 0 spiro atoms. The van der Waals surface area contributed by atoms with Crippen molar-refractivity contribution in [3.8, 4) is 0 Å². The normalized spacial score (nSPS) is 10.2. The number of para-hydroxylation sites is 1. The third kappa shape index (κ3) is 4.42. The summed E-state index contributed by atoms with van der Waals surface area (Å²) in [5, 5.41) is 14.0. The molecule has 1 amide bonds. The van der Waals surface area contributed by atoms with Gasteiger partial charge in [0, 0.05) is 32.8 Å². The predicted molar refractivity (Wildman–Crippen MR) is 80.7 cm³/mol. The lowest BCUT2D eigenvalue weighted by Crippen LogP contribution is -2.31. The molecule has 0 radical (unpaired) electrons. The Morgan fingerprint density at radius 1 is 1.43 bits per heavy atom. The van der Waals surface area contributed by atoms with Crippen molar-refractivity contribution in [3.63, 3.8) is 0 Å². The van der Waals surface area contributed by atoms with Crippen molar-refractivity contribution < 1.29 is 14.5 Å². The molecular weight excluding hydrogens is 274 g/mol. The van der Waals surface area contributed by atoms with E-state index in [-0.39, 0.29) is 17.3 Å². The maximum Gasteiger partial charge on any atom is 0.293 e. The molecule has 7 heteroatoms. The minimum Gasteiger partial charge on any atom is -0.380 e. The van der Waals surface area contributed by atoms with Gasteiger partial charge < -0.3 is 15.0 Å². The molecule has 7 nitrogen and oxygen atoms in total. The van der Waals surface area contributed by atoms with Crippen molar-refractivity contribution >= 4 is 17.3 Å². The van der Waals surface area contributed by atoms with Gasteiger partial charge in [-0.2, -0.15) is 0 Å². The van der Waals surface area contributed by atoms with Crippen molar-refractivity contribution in [3.05, 3.63) is 33.9 Å². The zero-order valence-electron chi connectivity index (χ0n) is 12.6. The minimum atomic E-state index is -0.491. The summed E-state index contributed by atoms with van der Waals surface area (Å²) in [6.45, 7) is 5.65. The maximum absolute atomic E-state index is 12.4. The van der Waals surface area contributed by atoms with E-state index >= 15 is 0 Å². The Morgan fingerprint density at radius 2 is 2.14 bits per heavy atom. The number of likely N-dealkylation sites (N-methyl/N-ethyl adjacent to an activating group) is 1. The van der Waals surface area contributed by atoms with Crippen LogP contribution in [0.3, 0.4) is 0 Å². The number of carbonyl (C=O) groups is 1. The molecule has 1 rings (SSSR count). The summed E-state index contributed by atoms with van der Waals surface area (Å²) in [7, 11) is 1.65. The van der Waals surface area contributed by atoms with E-state index in [1.165, 1.54) is 17.0 Å². The van der Waals surface area contributed by atoms with E-state index in [1.54, 1.807) is 13.1 Å². The predicted octanol–water partition coefficient (Wildman–Crippen LogP) is 2.14. The minimum absolute atomic E-state index is 0.0964. The number of nitro groups is 1. The van der Waals surface area contributed by atoms with Gasteiger partial charge in [0.05, 0.1) is 17.1 Å². The first kappa shape index (κ1) is 16.9. The molecule has 1 N–H and O–H groups in total. The van der Waals surface area contributed by atoms with E-state index in [0.717, 1.165) is 0 Å². The van der Waals surface area contributed by atoms with Gasteiger partial charge in [0.1, 0.15) is 5.69 Å². The lowest BCUT2D eigenvalue weighted by Gasteiger charge is -2.19. The molecule has 0 fully saturated rings. The van der Waals surface area contributed by atoms with Gasteiger partial charge in [0.2, 0.25) is 0 Å². The molecule has 116 valence electrons. The van der Waals surface area contributed by atoms with Gasteiger partial charge in [0.25, 0.3) is 11.6 Å². The Morgan fingerprint density at radius 3 is 2.71 bits per heavy atom. The number of nitrogens with one attached hydrogen (secondary N) is 1. The van der Waals surface area contributed by atoms with Crippen molar-refractivity contribution in [2.45, 2.75) is 13.8 Å². The lowest BCUT2D eigenvalue weighted by atomic mass is 10.1. The van der Waals surface area contributed by atoms with E-state index in [0.29, 0.717) is 31.9 Å². The molecule has 0 saturated carbocycles. The number of ether oxygens (including phenoxy) is 1. The van der Waals surface area contributed by atoms with Crippen LogP contribution in [0, 0.1) is 10.1 Å². The zero-order valence-corrected chi connectivity index (χ0v) is 12.6. The average molecular weight is 295 g/mol. The van der Waals surface area contributed by atoms with Crippen molar-refractivity contribution in [1.82, 2.24) is 4.90 Å². The third-order valence-corrected chi connectivity index (χ3v) is 2.94. The lowest BCUT2D eigenvalue weighted by molar-refractivity contribution is -0.384. The van der Waals surface area contributed by atoms with E-state index in [1.807, 2.05) is 13.8 Å². The SMILES string of the molecule is CCNc1c(C(=O)N(C)CCOCC)cccc1[N+](=O)[O-]. The van der Waals surface area contributed by atoms with Gasteiger partial charge in [-0.15, -0.1) is 0 Å². The first-order chi connectivity index (χ1) is 10.0. The highest BCUT2D eigenvalue weighted by Gasteiger charge is 2.23. The topological polar surface area (TPSA) is 84.7 Å². The Labute approximate surface area is 124 Å². The summed E-state index contributed by atoms with van der Waals surface area (Å²) in [6, 6.07) is 4.49. The van der Waals surface area contributed by atoms with Crippen LogP contribution in [0.25, 0.3) is 0 Å². The van der Waals surface area contributed by atoms with E-state index in [9.17, 15) is 14.9 Å². The number of anilines is 1. The van der Waals surface area contributed by atoms with Crippen LogP contribution in [0.5, 0.6) is 0 Å². The highest BCUT2D eigenvalue weighted by molar-refractivity contribution is 6.01. The van der Waals surface area contributed by atoms with Gasteiger partial charge in [-0.25, -0.2) is 0 Å². The van der Waals surface area contributed by atoms with Crippen LogP contribution in [0.2, 0.25) is 0 Å². The quantitative estimate of drug-likeness (QED) is 0.451. The largest absolute Gasteiger partial charge is 0.380 e. The molecule has 0 atom stereocenters. The number of nitro benzene ring substituents is 1. The summed E-state index contributed by atoms with van der Waals surface area (Å²) in [4.78, 5) is 24.5. The van der Waals surface area contributed by atoms with Crippen molar-refractivity contribution in [2.24, 2.45) is 0 Å². The summed E-state index contributed by atoms with van der Waals surface area (Å²) in [5.41, 5.74) is 0.462. The fourth-order valence-electron chi connectivity index (χ4n) is 1.89. The second-order valence-electron chi connectivity index (χ2n) is 4.41. The molecule has 1 aromatic carbocycles. The van der Waals surface area contributed by atoms with E-state index in [2.05, 4.69) is 5.32 Å². The number of benzene rings is 1. The summed E-state index contributed by atoms with van der Waals surface area (Å²) in [6.07, 6.45) is 0. The van der Waals surface area contributed by atoms with E-state index < -0.39 is 4.92 Å². The molecule has 0 aromatic heterocycles. The molecule has 0 aliphatic rings. The number of rotatable bonds is 8. The van der Waals surface area contributed by atoms with Crippen LogP contribution < -0.4 is 5.32 Å². The first-order valence-electron chi connectivity index (χ1n) is 6.87. The molecule has 0 heterocycles. The first-order valence-corrected chi connectivity index (χ1v) is 6.87. The highest BCUT2D eigenvalue weighted by atomic mass is 16.6. The number of amides is 1. The maximum atomic E-state index is 12.4. The van der Waals surface area contributed by atoms with Crippen LogP contribution in [0.1, 0.15) is 24.2 Å². The fourth-order valence-corrected chi connectivity index (χ4v) is 1.89. The smallest absolute Gasteiger partial charge is 0.293 e. The second-order valence-corrected chi connectivity index (χ2v) is 4.41. The second kappa shape index (κ2) is 8.21. The molecule has 0 saturated heterocycles. The van der Waals surface area contributed by atoms with Crippen molar-refractivity contribution in [2.75, 3.05) is 38.7 Å². The molecule has 0 unspecified atom stereocenters. The molecule has 1 aromatic rings. The standard InChI is InChI=1S/C14H21N3O4/c1-4-15-13-11(7-6-8-12(13)17(19)20)14(18)16(3)9-10-21-5-2/h6-8,15H,4-5,9-10H2,1-3H3. The summed E-state index contributed by atoms with van der Waals surface area (Å²) >= 11 is 0. The number of hydrogen-bond donors (Lipinski definition) is 1.